The molecule has 1 aliphatic rings. The lowest BCUT2D eigenvalue weighted by molar-refractivity contribution is -0.113. The van der Waals surface area contributed by atoms with Crippen molar-refractivity contribution in [3.05, 3.63) is 29.8 Å². The van der Waals surface area contributed by atoms with Gasteiger partial charge in [-0.15, -0.1) is 11.8 Å². The van der Waals surface area contributed by atoms with Gasteiger partial charge in [-0.05, 0) is 51.0 Å². The van der Waals surface area contributed by atoms with Gasteiger partial charge in [-0.1, -0.05) is 12.8 Å². The van der Waals surface area contributed by atoms with Crippen molar-refractivity contribution in [3.8, 4) is 0 Å². The van der Waals surface area contributed by atoms with Crippen molar-refractivity contribution in [3.63, 3.8) is 0 Å². The maximum Gasteiger partial charge on any atom is 0.338 e. The molecule has 1 aliphatic carbocycles. The number of hydrogen-bond acceptors (Lipinski definition) is 4. The quantitative estimate of drug-likeness (QED) is 0.808. The lowest BCUT2D eigenvalue weighted by Crippen LogP contribution is -2.16. The number of carbonyl (C=O) groups excluding carboxylic acids is 2. The zero-order chi connectivity index (χ0) is 15.9. The predicted octanol–water partition coefficient (Wildman–Crippen LogP) is 3.87. The summed E-state index contributed by atoms with van der Waals surface area (Å²) in [4.78, 5) is 23.6. The van der Waals surface area contributed by atoms with E-state index in [9.17, 15) is 9.59 Å². The third kappa shape index (κ3) is 5.37. The van der Waals surface area contributed by atoms with Crippen LogP contribution in [0.4, 0.5) is 5.69 Å². The first-order chi connectivity index (χ1) is 10.5. The Kier molecular flexibility index (Phi) is 6.31. The minimum absolute atomic E-state index is 0.00871. The van der Waals surface area contributed by atoms with E-state index < -0.39 is 0 Å². The van der Waals surface area contributed by atoms with Gasteiger partial charge in [0, 0.05) is 10.9 Å². The zero-order valence-corrected chi connectivity index (χ0v) is 13.9. The summed E-state index contributed by atoms with van der Waals surface area (Å²) in [5.41, 5.74) is 1.20. The normalized spacial score (nSPS) is 15.0. The highest BCUT2D eigenvalue weighted by atomic mass is 32.2. The molecular weight excluding hydrogens is 298 g/mol. The molecule has 1 saturated carbocycles. The number of rotatable bonds is 6. The van der Waals surface area contributed by atoms with Crippen LogP contribution >= 0.6 is 11.8 Å². The highest BCUT2D eigenvalue weighted by molar-refractivity contribution is 8.00. The minimum atomic E-state index is -0.343. The second-order valence-electron chi connectivity index (χ2n) is 5.80. The average Bonchev–Trinajstić information content (AvgIpc) is 2.98. The average molecular weight is 321 g/mol. The van der Waals surface area contributed by atoms with Crippen molar-refractivity contribution in [2.75, 3.05) is 11.1 Å². The van der Waals surface area contributed by atoms with E-state index in [1.165, 1.54) is 25.7 Å². The third-order valence-electron chi connectivity index (χ3n) is 3.50. The first-order valence-electron chi connectivity index (χ1n) is 7.77. The van der Waals surface area contributed by atoms with Crippen molar-refractivity contribution in [2.24, 2.45) is 0 Å². The highest BCUT2D eigenvalue weighted by Gasteiger charge is 2.16. The van der Waals surface area contributed by atoms with Crippen LogP contribution in [0.2, 0.25) is 0 Å². The van der Waals surface area contributed by atoms with Crippen molar-refractivity contribution < 1.29 is 14.3 Å². The topological polar surface area (TPSA) is 55.4 Å². The molecule has 4 nitrogen and oxygen atoms in total. The molecule has 22 heavy (non-hydrogen) atoms. The van der Waals surface area contributed by atoms with Crippen molar-refractivity contribution in [2.45, 2.75) is 50.9 Å². The van der Waals surface area contributed by atoms with Gasteiger partial charge in [-0.25, -0.2) is 4.79 Å². The molecule has 0 saturated heterocycles. The van der Waals surface area contributed by atoms with E-state index >= 15 is 0 Å². The van der Waals surface area contributed by atoms with Crippen LogP contribution in [0.3, 0.4) is 0 Å². The second-order valence-corrected chi connectivity index (χ2v) is 7.09. The summed E-state index contributed by atoms with van der Waals surface area (Å²) < 4.78 is 5.12. The molecule has 1 N–H and O–H groups in total. The number of anilines is 1. The van der Waals surface area contributed by atoms with Gasteiger partial charge in [0.05, 0.1) is 17.4 Å². The van der Waals surface area contributed by atoms with E-state index in [0.29, 0.717) is 22.3 Å². The molecule has 0 aromatic heterocycles. The van der Waals surface area contributed by atoms with Gasteiger partial charge in [0.1, 0.15) is 0 Å². The van der Waals surface area contributed by atoms with E-state index in [4.69, 9.17) is 4.74 Å². The molecule has 1 aromatic carbocycles. The molecule has 0 atom stereocenters. The summed E-state index contributed by atoms with van der Waals surface area (Å²) in [5.74, 6) is 0.154. The fourth-order valence-corrected chi connectivity index (χ4v) is 3.54. The van der Waals surface area contributed by atoms with E-state index in [1.807, 2.05) is 13.8 Å². The molecule has 0 heterocycles. The molecule has 1 fully saturated rings. The Hall–Kier alpha value is -1.49. The fraction of sp³-hybridized carbons (Fsp3) is 0.529. The smallest absolute Gasteiger partial charge is 0.338 e. The molecule has 0 unspecified atom stereocenters. The fourth-order valence-electron chi connectivity index (χ4n) is 2.42. The molecule has 2 rings (SSSR count). The van der Waals surface area contributed by atoms with E-state index in [0.717, 1.165) is 0 Å². The minimum Gasteiger partial charge on any atom is -0.459 e. The molecule has 0 radical (unpaired) electrons. The highest BCUT2D eigenvalue weighted by Crippen LogP contribution is 2.29. The van der Waals surface area contributed by atoms with Gasteiger partial charge in [0.2, 0.25) is 5.91 Å². The maximum absolute atomic E-state index is 11.9. The summed E-state index contributed by atoms with van der Waals surface area (Å²) in [5, 5.41) is 3.50. The summed E-state index contributed by atoms with van der Waals surface area (Å²) in [6, 6.07) is 6.80. The molecular formula is C17H23NO3S. The molecule has 0 spiro atoms. The number of esters is 1. The number of ether oxygens (including phenoxy) is 1. The van der Waals surface area contributed by atoms with Gasteiger partial charge in [0.15, 0.2) is 0 Å². The SMILES string of the molecule is CC(C)OC(=O)c1ccc(NC(=O)CSC2CCCC2)cc1. The number of carbonyl (C=O) groups is 2. The van der Waals surface area contributed by atoms with Gasteiger partial charge in [0.25, 0.3) is 0 Å². The van der Waals surface area contributed by atoms with Crippen LogP contribution < -0.4 is 5.32 Å². The molecule has 1 aromatic rings. The molecule has 1 amide bonds. The number of thioether (sulfide) groups is 1. The van der Waals surface area contributed by atoms with Crippen LogP contribution in [0.5, 0.6) is 0 Å². The summed E-state index contributed by atoms with van der Waals surface area (Å²) in [7, 11) is 0. The second kappa shape index (κ2) is 8.22. The van der Waals surface area contributed by atoms with Gasteiger partial charge >= 0.3 is 5.97 Å². The first kappa shape index (κ1) is 16.9. The molecule has 5 heteroatoms. The van der Waals surface area contributed by atoms with E-state index in [1.54, 1.807) is 36.0 Å². The van der Waals surface area contributed by atoms with Crippen LogP contribution in [0, 0.1) is 0 Å². The number of nitrogens with one attached hydrogen (secondary N) is 1. The lowest BCUT2D eigenvalue weighted by atomic mass is 10.2. The van der Waals surface area contributed by atoms with Gasteiger partial charge in [-0.2, -0.15) is 0 Å². The monoisotopic (exact) mass is 321 g/mol. The lowest BCUT2D eigenvalue weighted by Gasteiger charge is -2.10. The Morgan fingerprint density at radius 1 is 1.23 bits per heavy atom. The number of hydrogen-bond donors (Lipinski definition) is 1. The van der Waals surface area contributed by atoms with Crippen LogP contribution in [0.1, 0.15) is 49.9 Å². The summed E-state index contributed by atoms with van der Waals surface area (Å²) in [6.45, 7) is 3.63. The largest absolute Gasteiger partial charge is 0.459 e. The van der Waals surface area contributed by atoms with Crippen LogP contribution in [0.15, 0.2) is 24.3 Å². The van der Waals surface area contributed by atoms with Gasteiger partial charge in [-0.3, -0.25) is 4.79 Å². The Balaban J connectivity index is 1.80. The van der Waals surface area contributed by atoms with Crippen LogP contribution in [-0.4, -0.2) is 29.0 Å². The molecule has 120 valence electrons. The van der Waals surface area contributed by atoms with Crippen molar-refractivity contribution >= 4 is 29.3 Å². The summed E-state index contributed by atoms with van der Waals surface area (Å²) >= 11 is 1.74. The molecule has 0 bridgehead atoms. The van der Waals surface area contributed by atoms with E-state index in [-0.39, 0.29) is 18.0 Å². The number of benzene rings is 1. The Morgan fingerprint density at radius 3 is 2.45 bits per heavy atom. The zero-order valence-electron chi connectivity index (χ0n) is 13.1. The third-order valence-corrected chi connectivity index (χ3v) is 4.87. The maximum atomic E-state index is 11.9. The molecule has 0 aliphatic heterocycles. The Labute approximate surface area is 136 Å². The van der Waals surface area contributed by atoms with Crippen LogP contribution in [0.25, 0.3) is 0 Å². The van der Waals surface area contributed by atoms with Crippen molar-refractivity contribution in [1.29, 1.82) is 0 Å². The Bertz CT molecular complexity index is 507. The predicted molar refractivity (Wildman–Crippen MR) is 90.3 cm³/mol. The van der Waals surface area contributed by atoms with Crippen molar-refractivity contribution in [1.82, 2.24) is 0 Å². The standard InChI is InChI=1S/C17H23NO3S/c1-12(2)21-17(20)13-7-9-14(10-8-13)18-16(19)11-22-15-5-3-4-6-15/h7-10,12,15H,3-6,11H2,1-2H3,(H,18,19). The van der Waals surface area contributed by atoms with Gasteiger partial charge < -0.3 is 10.1 Å². The van der Waals surface area contributed by atoms with Crippen LogP contribution in [-0.2, 0) is 9.53 Å². The number of amides is 1. The summed E-state index contributed by atoms with van der Waals surface area (Å²) in [6.07, 6.45) is 4.88. The van der Waals surface area contributed by atoms with E-state index in [2.05, 4.69) is 5.32 Å². The Morgan fingerprint density at radius 2 is 1.86 bits per heavy atom. The first-order valence-corrected chi connectivity index (χ1v) is 8.82.